The Labute approximate surface area is 132 Å². The number of aryl methyl sites for hydroxylation is 2. The Hall–Kier alpha value is -1.32. The lowest BCUT2D eigenvalue weighted by Crippen LogP contribution is -2.22. The average molecular weight is 306 g/mol. The van der Waals surface area contributed by atoms with E-state index in [1.807, 2.05) is 29.9 Å². The molecule has 0 spiro atoms. The molecular formula is C17H24ClN3. The summed E-state index contributed by atoms with van der Waals surface area (Å²) in [6.07, 6.45) is 2.03. The minimum Gasteiger partial charge on any atom is -0.310 e. The quantitative estimate of drug-likeness (QED) is 0.875. The largest absolute Gasteiger partial charge is 0.310 e. The zero-order chi connectivity index (χ0) is 15.4. The van der Waals surface area contributed by atoms with Gasteiger partial charge in [-0.3, -0.25) is 4.68 Å². The van der Waals surface area contributed by atoms with E-state index in [2.05, 4.69) is 37.3 Å². The van der Waals surface area contributed by atoms with E-state index in [0.717, 1.165) is 30.1 Å². The van der Waals surface area contributed by atoms with Crippen LogP contribution in [0.1, 0.15) is 41.9 Å². The average Bonchev–Trinajstić information content (AvgIpc) is 2.70. The second kappa shape index (κ2) is 7.10. The summed E-state index contributed by atoms with van der Waals surface area (Å²) in [5.41, 5.74) is 4.92. The summed E-state index contributed by atoms with van der Waals surface area (Å²) in [5, 5.41) is 8.88. The Bertz CT molecular complexity index is 604. The second-order valence-corrected chi connectivity index (χ2v) is 5.85. The van der Waals surface area contributed by atoms with Crippen molar-refractivity contribution in [3.05, 3.63) is 51.8 Å². The van der Waals surface area contributed by atoms with Crippen molar-refractivity contribution < 1.29 is 0 Å². The van der Waals surface area contributed by atoms with Crippen LogP contribution in [0.4, 0.5) is 0 Å². The minimum absolute atomic E-state index is 0.280. The molecule has 0 amide bonds. The Morgan fingerprint density at radius 1 is 1.29 bits per heavy atom. The highest BCUT2D eigenvalue weighted by Gasteiger charge is 2.16. The summed E-state index contributed by atoms with van der Waals surface area (Å²) in [7, 11) is 2.00. The molecule has 0 saturated carbocycles. The molecule has 3 nitrogen and oxygen atoms in total. The van der Waals surface area contributed by atoms with E-state index in [4.69, 9.17) is 11.6 Å². The van der Waals surface area contributed by atoms with Gasteiger partial charge in [-0.2, -0.15) is 5.10 Å². The van der Waals surface area contributed by atoms with Gasteiger partial charge in [0.15, 0.2) is 0 Å². The van der Waals surface area contributed by atoms with Gasteiger partial charge in [0.05, 0.1) is 5.69 Å². The second-order valence-electron chi connectivity index (χ2n) is 5.44. The van der Waals surface area contributed by atoms with Crippen molar-refractivity contribution in [2.75, 3.05) is 6.54 Å². The highest BCUT2D eigenvalue weighted by atomic mass is 35.5. The molecule has 1 aromatic carbocycles. The fourth-order valence-corrected chi connectivity index (χ4v) is 3.11. The molecule has 1 atom stereocenters. The van der Waals surface area contributed by atoms with Crippen molar-refractivity contribution in [1.82, 2.24) is 15.1 Å². The van der Waals surface area contributed by atoms with Crippen LogP contribution in [0.25, 0.3) is 0 Å². The van der Waals surface area contributed by atoms with E-state index in [0.29, 0.717) is 0 Å². The van der Waals surface area contributed by atoms with Crippen LogP contribution in [0, 0.1) is 13.8 Å². The first-order valence-corrected chi connectivity index (χ1v) is 7.89. The summed E-state index contributed by atoms with van der Waals surface area (Å²) in [6, 6.07) is 8.37. The zero-order valence-electron chi connectivity index (χ0n) is 13.3. The molecule has 1 aromatic heterocycles. The van der Waals surface area contributed by atoms with Gasteiger partial charge in [0.1, 0.15) is 0 Å². The third-order valence-electron chi connectivity index (χ3n) is 4.07. The Balaban J connectivity index is 2.16. The first kappa shape index (κ1) is 16.1. The number of hydrogen-bond acceptors (Lipinski definition) is 2. The lowest BCUT2D eigenvalue weighted by Gasteiger charge is -2.19. The molecule has 2 aromatic rings. The summed E-state index contributed by atoms with van der Waals surface area (Å²) in [5.74, 6) is 0. The van der Waals surface area contributed by atoms with Crippen LogP contribution in [-0.2, 0) is 13.5 Å². The number of rotatable bonds is 6. The zero-order valence-corrected chi connectivity index (χ0v) is 14.0. The molecule has 0 fully saturated rings. The van der Waals surface area contributed by atoms with Gasteiger partial charge in [0, 0.05) is 23.8 Å². The van der Waals surface area contributed by atoms with Gasteiger partial charge in [-0.15, -0.1) is 0 Å². The molecule has 21 heavy (non-hydrogen) atoms. The van der Waals surface area contributed by atoms with Crippen LogP contribution in [0.3, 0.4) is 0 Å². The first-order valence-electron chi connectivity index (χ1n) is 7.51. The van der Waals surface area contributed by atoms with Gasteiger partial charge >= 0.3 is 0 Å². The van der Waals surface area contributed by atoms with Gasteiger partial charge < -0.3 is 5.32 Å². The fourth-order valence-electron chi connectivity index (χ4n) is 2.84. The van der Waals surface area contributed by atoms with Gasteiger partial charge in [-0.1, -0.05) is 36.7 Å². The Morgan fingerprint density at radius 3 is 2.57 bits per heavy atom. The lowest BCUT2D eigenvalue weighted by atomic mass is 9.98. The highest BCUT2D eigenvalue weighted by Crippen LogP contribution is 2.27. The molecule has 1 N–H and O–H groups in total. The lowest BCUT2D eigenvalue weighted by molar-refractivity contribution is 0.514. The number of aromatic nitrogens is 2. The van der Waals surface area contributed by atoms with Crippen molar-refractivity contribution in [3.63, 3.8) is 0 Å². The number of halogens is 1. The summed E-state index contributed by atoms with van der Waals surface area (Å²) in [4.78, 5) is 0. The normalized spacial score (nSPS) is 12.6. The van der Waals surface area contributed by atoms with Crippen molar-refractivity contribution >= 4 is 11.6 Å². The molecule has 0 aliphatic rings. The molecular weight excluding hydrogens is 282 g/mol. The Kier molecular flexibility index (Phi) is 5.43. The van der Waals surface area contributed by atoms with Crippen molar-refractivity contribution in [3.8, 4) is 0 Å². The maximum absolute atomic E-state index is 6.35. The van der Waals surface area contributed by atoms with E-state index in [1.54, 1.807) is 0 Å². The van der Waals surface area contributed by atoms with Gasteiger partial charge in [-0.25, -0.2) is 0 Å². The maximum Gasteiger partial charge on any atom is 0.0628 e. The summed E-state index contributed by atoms with van der Waals surface area (Å²) in [6.45, 7) is 7.28. The predicted molar refractivity (Wildman–Crippen MR) is 88.9 cm³/mol. The van der Waals surface area contributed by atoms with E-state index < -0.39 is 0 Å². The maximum atomic E-state index is 6.35. The molecule has 4 heteroatoms. The predicted octanol–water partition coefficient (Wildman–Crippen LogP) is 3.97. The third-order valence-corrected chi connectivity index (χ3v) is 4.42. The topological polar surface area (TPSA) is 29.9 Å². The van der Waals surface area contributed by atoms with E-state index in [-0.39, 0.29) is 6.04 Å². The SMILES string of the molecule is CCNC(CCc1c(C)nn(C)c1C)c1ccccc1Cl. The van der Waals surface area contributed by atoms with Crippen LogP contribution in [0.5, 0.6) is 0 Å². The molecule has 2 rings (SSSR count). The molecule has 0 aliphatic heterocycles. The summed E-state index contributed by atoms with van der Waals surface area (Å²) < 4.78 is 1.96. The van der Waals surface area contributed by atoms with Gasteiger partial charge in [-0.05, 0) is 50.4 Å². The molecule has 0 aliphatic carbocycles. The van der Waals surface area contributed by atoms with Crippen LogP contribution >= 0.6 is 11.6 Å². The summed E-state index contributed by atoms with van der Waals surface area (Å²) >= 11 is 6.35. The molecule has 1 heterocycles. The smallest absolute Gasteiger partial charge is 0.0628 e. The number of benzene rings is 1. The van der Waals surface area contributed by atoms with Crippen LogP contribution in [0.2, 0.25) is 5.02 Å². The highest BCUT2D eigenvalue weighted by molar-refractivity contribution is 6.31. The van der Waals surface area contributed by atoms with Crippen molar-refractivity contribution in [1.29, 1.82) is 0 Å². The standard InChI is InChI=1S/C17H24ClN3/c1-5-19-17(15-8-6-7-9-16(15)18)11-10-14-12(2)20-21(4)13(14)3/h6-9,17,19H,5,10-11H2,1-4H3. The molecule has 0 saturated heterocycles. The van der Waals surface area contributed by atoms with Crippen LogP contribution < -0.4 is 5.32 Å². The van der Waals surface area contributed by atoms with E-state index in [9.17, 15) is 0 Å². The Morgan fingerprint density at radius 2 is 2.00 bits per heavy atom. The molecule has 0 radical (unpaired) electrons. The van der Waals surface area contributed by atoms with Crippen molar-refractivity contribution in [2.24, 2.45) is 7.05 Å². The monoisotopic (exact) mass is 305 g/mol. The van der Waals surface area contributed by atoms with Gasteiger partial charge in [0.25, 0.3) is 0 Å². The van der Waals surface area contributed by atoms with Crippen LogP contribution in [-0.4, -0.2) is 16.3 Å². The number of nitrogens with zero attached hydrogens (tertiary/aromatic N) is 2. The van der Waals surface area contributed by atoms with E-state index in [1.165, 1.54) is 16.8 Å². The fraction of sp³-hybridized carbons (Fsp3) is 0.471. The minimum atomic E-state index is 0.280. The van der Waals surface area contributed by atoms with Crippen molar-refractivity contribution in [2.45, 2.75) is 39.7 Å². The molecule has 0 bridgehead atoms. The third kappa shape index (κ3) is 3.66. The van der Waals surface area contributed by atoms with E-state index >= 15 is 0 Å². The number of nitrogens with one attached hydrogen (secondary N) is 1. The molecule has 1 unspecified atom stereocenters. The number of hydrogen-bond donors (Lipinski definition) is 1. The molecule has 114 valence electrons. The van der Waals surface area contributed by atoms with Gasteiger partial charge in [0.2, 0.25) is 0 Å². The van der Waals surface area contributed by atoms with Crippen LogP contribution in [0.15, 0.2) is 24.3 Å². The first-order chi connectivity index (χ1) is 10.0.